The molecular weight excluding hydrogens is 198 g/mol. The van der Waals surface area contributed by atoms with Crippen LogP contribution in [-0.2, 0) is 9.59 Å². The minimum absolute atomic E-state index is 0.0744. The molecule has 0 aliphatic heterocycles. The van der Waals surface area contributed by atoms with E-state index in [2.05, 4.69) is 0 Å². The van der Waals surface area contributed by atoms with Gasteiger partial charge in [0.2, 0.25) is 0 Å². The lowest BCUT2D eigenvalue weighted by Crippen LogP contribution is -2.45. The average molecular weight is 211 g/mol. The molecule has 4 N–H and O–H groups in total. The molecule has 0 amide bonds. The highest BCUT2D eigenvalue weighted by Crippen LogP contribution is 2.37. The predicted octanol–water partition coefficient (Wildman–Crippen LogP) is 0.233. The molecule has 0 radical (unpaired) electrons. The highest BCUT2D eigenvalue weighted by molar-refractivity contribution is 5.91. The van der Waals surface area contributed by atoms with E-state index in [4.69, 9.17) is 15.9 Å². The lowest BCUT2D eigenvalue weighted by atomic mass is 9.70. The van der Waals surface area contributed by atoms with Crippen molar-refractivity contribution in [3.05, 3.63) is 23.8 Å². The molecular formula is C10H13NO4. The zero-order valence-corrected chi connectivity index (χ0v) is 8.30. The summed E-state index contributed by atoms with van der Waals surface area (Å²) in [6.45, 7) is 1.44. The monoisotopic (exact) mass is 211 g/mol. The number of aliphatic carboxylic acids is 2. The molecule has 1 aliphatic rings. The van der Waals surface area contributed by atoms with Crippen LogP contribution in [0.2, 0.25) is 0 Å². The first kappa shape index (κ1) is 11.5. The van der Waals surface area contributed by atoms with E-state index in [0.29, 0.717) is 0 Å². The molecule has 0 aromatic carbocycles. The number of hydrogen-bond donors (Lipinski definition) is 3. The summed E-state index contributed by atoms with van der Waals surface area (Å²) in [6.07, 6.45) is 4.29. The van der Waals surface area contributed by atoms with Gasteiger partial charge in [-0.3, -0.25) is 4.79 Å². The molecule has 0 bridgehead atoms. The van der Waals surface area contributed by atoms with Gasteiger partial charge >= 0.3 is 11.9 Å². The second kappa shape index (κ2) is 3.86. The molecule has 0 saturated carbocycles. The van der Waals surface area contributed by atoms with E-state index in [-0.39, 0.29) is 12.1 Å². The third-order valence-corrected chi connectivity index (χ3v) is 2.89. The van der Waals surface area contributed by atoms with E-state index in [9.17, 15) is 9.59 Å². The maximum absolute atomic E-state index is 11.1. The van der Waals surface area contributed by atoms with Crippen LogP contribution in [0.25, 0.3) is 0 Å². The molecule has 1 rings (SSSR count). The van der Waals surface area contributed by atoms with E-state index in [1.165, 1.54) is 18.2 Å². The number of allylic oxidation sites excluding steroid dienone is 2. The van der Waals surface area contributed by atoms with E-state index in [1.807, 2.05) is 0 Å². The normalized spacial score (nSPS) is 29.7. The van der Waals surface area contributed by atoms with Crippen molar-refractivity contribution in [2.75, 3.05) is 6.54 Å². The predicted molar refractivity (Wildman–Crippen MR) is 53.1 cm³/mol. The van der Waals surface area contributed by atoms with Gasteiger partial charge in [-0.1, -0.05) is 25.2 Å². The highest BCUT2D eigenvalue weighted by Gasteiger charge is 2.44. The highest BCUT2D eigenvalue weighted by atomic mass is 16.4. The lowest BCUT2D eigenvalue weighted by Gasteiger charge is -2.33. The van der Waals surface area contributed by atoms with E-state index in [1.54, 1.807) is 6.92 Å². The Labute approximate surface area is 86.9 Å². The standard InChI is InChI=1S/C10H13NO4/c1-6-7(8(12)13)3-2-4-10(6,5-11)9(14)15/h2-4,6H,5,11H2,1H3,(H,12,13)(H,14,15). The molecule has 5 heteroatoms. The van der Waals surface area contributed by atoms with Crippen LogP contribution in [0.3, 0.4) is 0 Å². The van der Waals surface area contributed by atoms with Gasteiger partial charge in [-0.2, -0.15) is 0 Å². The first-order valence-corrected chi connectivity index (χ1v) is 4.52. The quantitative estimate of drug-likeness (QED) is 0.620. The zero-order chi connectivity index (χ0) is 11.6. The Morgan fingerprint density at radius 2 is 2.13 bits per heavy atom. The summed E-state index contributed by atoms with van der Waals surface area (Å²) in [7, 11) is 0. The van der Waals surface area contributed by atoms with Gasteiger partial charge in [-0.05, 0) is 0 Å². The molecule has 5 nitrogen and oxygen atoms in total. The van der Waals surface area contributed by atoms with E-state index in [0.717, 1.165) is 0 Å². The topological polar surface area (TPSA) is 101 Å². The van der Waals surface area contributed by atoms with Crippen molar-refractivity contribution in [2.45, 2.75) is 6.92 Å². The van der Waals surface area contributed by atoms with Crippen LogP contribution in [0.15, 0.2) is 23.8 Å². The summed E-state index contributed by atoms with van der Waals surface area (Å²) in [5.74, 6) is -2.84. The van der Waals surface area contributed by atoms with Gasteiger partial charge in [-0.15, -0.1) is 0 Å². The Balaban J connectivity index is 3.18. The summed E-state index contributed by atoms with van der Waals surface area (Å²) in [6, 6.07) is 0. The second-order valence-electron chi connectivity index (χ2n) is 3.56. The molecule has 82 valence electrons. The van der Waals surface area contributed by atoms with Crippen molar-refractivity contribution < 1.29 is 19.8 Å². The molecule has 0 fully saturated rings. The minimum Gasteiger partial charge on any atom is -0.481 e. The van der Waals surface area contributed by atoms with Crippen molar-refractivity contribution in [1.82, 2.24) is 0 Å². The largest absolute Gasteiger partial charge is 0.481 e. The number of rotatable bonds is 3. The van der Waals surface area contributed by atoms with Crippen LogP contribution in [0.1, 0.15) is 6.92 Å². The van der Waals surface area contributed by atoms with Crippen molar-refractivity contribution in [3.8, 4) is 0 Å². The summed E-state index contributed by atoms with van der Waals surface area (Å²) in [5.41, 5.74) is 4.21. The van der Waals surface area contributed by atoms with E-state index < -0.39 is 23.3 Å². The number of hydrogen-bond acceptors (Lipinski definition) is 3. The molecule has 2 atom stereocenters. The fourth-order valence-electron chi connectivity index (χ4n) is 1.73. The molecule has 15 heavy (non-hydrogen) atoms. The van der Waals surface area contributed by atoms with Crippen LogP contribution >= 0.6 is 0 Å². The Bertz CT molecular complexity index is 358. The smallest absolute Gasteiger partial charge is 0.331 e. The van der Waals surface area contributed by atoms with Gasteiger partial charge < -0.3 is 15.9 Å². The Kier molecular flexibility index (Phi) is 2.95. The van der Waals surface area contributed by atoms with Gasteiger partial charge in [-0.25, -0.2) is 4.79 Å². The van der Waals surface area contributed by atoms with Gasteiger partial charge in [0.05, 0.1) is 0 Å². The molecule has 0 aromatic rings. The average Bonchev–Trinajstić information content (AvgIpc) is 2.17. The van der Waals surface area contributed by atoms with Crippen LogP contribution < -0.4 is 5.73 Å². The number of nitrogens with two attached hydrogens (primary N) is 1. The van der Waals surface area contributed by atoms with Gasteiger partial charge in [0.15, 0.2) is 0 Å². The van der Waals surface area contributed by atoms with Gasteiger partial charge in [0, 0.05) is 18.0 Å². The second-order valence-corrected chi connectivity index (χ2v) is 3.56. The lowest BCUT2D eigenvalue weighted by molar-refractivity contribution is -0.147. The minimum atomic E-state index is -1.30. The molecule has 0 heterocycles. The van der Waals surface area contributed by atoms with Crippen molar-refractivity contribution in [2.24, 2.45) is 17.1 Å². The third-order valence-electron chi connectivity index (χ3n) is 2.89. The fourth-order valence-corrected chi connectivity index (χ4v) is 1.73. The molecule has 2 unspecified atom stereocenters. The van der Waals surface area contributed by atoms with Crippen LogP contribution in [-0.4, -0.2) is 28.7 Å². The molecule has 0 spiro atoms. The van der Waals surface area contributed by atoms with Crippen molar-refractivity contribution in [1.29, 1.82) is 0 Å². The maximum atomic E-state index is 11.1. The fraction of sp³-hybridized carbons (Fsp3) is 0.400. The summed E-state index contributed by atoms with van der Waals surface area (Å²) >= 11 is 0. The molecule has 0 saturated heterocycles. The molecule has 0 aromatic heterocycles. The molecule has 1 aliphatic carbocycles. The van der Waals surface area contributed by atoms with Crippen molar-refractivity contribution in [3.63, 3.8) is 0 Å². The Morgan fingerprint density at radius 3 is 2.53 bits per heavy atom. The summed E-state index contributed by atoms with van der Waals surface area (Å²) in [4.78, 5) is 22.0. The number of carbonyl (C=O) groups is 2. The third kappa shape index (κ3) is 1.66. The van der Waals surface area contributed by atoms with Crippen LogP contribution in [0.4, 0.5) is 0 Å². The van der Waals surface area contributed by atoms with E-state index >= 15 is 0 Å². The summed E-state index contributed by atoms with van der Waals surface area (Å²) < 4.78 is 0. The Hall–Kier alpha value is -1.62. The zero-order valence-electron chi connectivity index (χ0n) is 8.30. The van der Waals surface area contributed by atoms with Crippen LogP contribution in [0, 0.1) is 11.3 Å². The number of carboxylic acids is 2. The summed E-state index contributed by atoms with van der Waals surface area (Å²) in [5, 5.41) is 18.0. The SMILES string of the molecule is CC1C(C(=O)O)=CC=CC1(CN)C(=O)O. The first-order chi connectivity index (χ1) is 6.95. The number of carboxylic acid groups (broad SMARTS) is 2. The van der Waals surface area contributed by atoms with Gasteiger partial charge in [0.1, 0.15) is 5.41 Å². The first-order valence-electron chi connectivity index (χ1n) is 4.52. The van der Waals surface area contributed by atoms with Gasteiger partial charge in [0.25, 0.3) is 0 Å². The maximum Gasteiger partial charge on any atom is 0.331 e. The van der Waals surface area contributed by atoms with Crippen LogP contribution in [0.5, 0.6) is 0 Å². The van der Waals surface area contributed by atoms with Crippen molar-refractivity contribution >= 4 is 11.9 Å². The Morgan fingerprint density at radius 1 is 1.53 bits per heavy atom.